The van der Waals surface area contributed by atoms with E-state index < -0.39 is 0 Å². The summed E-state index contributed by atoms with van der Waals surface area (Å²) in [6.07, 6.45) is 5.62. The molecule has 0 spiro atoms. The van der Waals surface area contributed by atoms with E-state index in [9.17, 15) is 4.79 Å². The van der Waals surface area contributed by atoms with Gasteiger partial charge in [-0.05, 0) is 31.0 Å². The fourth-order valence-electron chi connectivity index (χ4n) is 2.96. The Morgan fingerprint density at radius 1 is 1.33 bits per heavy atom. The Kier molecular flexibility index (Phi) is 4.08. The van der Waals surface area contributed by atoms with Crippen molar-refractivity contribution in [2.75, 3.05) is 5.32 Å². The number of hydrogen-bond donors (Lipinski definition) is 2. The Bertz CT molecular complexity index is 674. The molecule has 2 unspecified atom stereocenters. The van der Waals surface area contributed by atoms with Crippen molar-refractivity contribution < 1.29 is 4.79 Å². The van der Waals surface area contributed by atoms with Gasteiger partial charge in [-0.3, -0.25) is 9.78 Å². The summed E-state index contributed by atoms with van der Waals surface area (Å²) in [5, 5.41) is 4.45. The molecule has 3 rings (SSSR count). The van der Waals surface area contributed by atoms with Crippen molar-refractivity contribution >= 4 is 34.1 Å². The number of pyridine rings is 1. The van der Waals surface area contributed by atoms with Crippen LogP contribution in [0.3, 0.4) is 0 Å². The van der Waals surface area contributed by atoms with Crippen molar-refractivity contribution in [3.8, 4) is 0 Å². The van der Waals surface area contributed by atoms with Crippen molar-refractivity contribution in [3.63, 3.8) is 0 Å². The van der Waals surface area contributed by atoms with Crippen LogP contribution in [-0.2, 0) is 4.79 Å². The highest BCUT2D eigenvalue weighted by Crippen LogP contribution is 2.29. The molecule has 1 aromatic carbocycles. The van der Waals surface area contributed by atoms with E-state index >= 15 is 0 Å². The molecule has 2 aromatic rings. The topological polar surface area (TPSA) is 68.0 Å². The van der Waals surface area contributed by atoms with E-state index in [1.165, 1.54) is 0 Å². The summed E-state index contributed by atoms with van der Waals surface area (Å²) in [4.78, 5) is 16.8. The highest BCUT2D eigenvalue weighted by molar-refractivity contribution is 6.32. The van der Waals surface area contributed by atoms with Crippen LogP contribution < -0.4 is 11.1 Å². The zero-order chi connectivity index (χ0) is 14.8. The van der Waals surface area contributed by atoms with Gasteiger partial charge < -0.3 is 11.1 Å². The lowest BCUT2D eigenvalue weighted by Gasteiger charge is -2.27. The standard InChI is InChI=1S/C16H18ClN3O/c17-11-8-10-4-3-7-19-15(10)14(9-11)20-16(21)12-5-1-2-6-13(12)18/h3-4,7-9,12-13H,1-2,5-6,18H2,(H,20,21). The first-order chi connectivity index (χ1) is 10.1. The summed E-state index contributed by atoms with van der Waals surface area (Å²) < 4.78 is 0. The van der Waals surface area contributed by atoms with E-state index in [0.717, 1.165) is 36.6 Å². The second-order valence-electron chi connectivity index (χ2n) is 5.57. The first kappa shape index (κ1) is 14.3. The summed E-state index contributed by atoms with van der Waals surface area (Å²) in [5.74, 6) is -0.159. The third-order valence-electron chi connectivity index (χ3n) is 4.08. The van der Waals surface area contributed by atoms with Crippen molar-refractivity contribution in [2.45, 2.75) is 31.7 Å². The van der Waals surface area contributed by atoms with Crippen LogP contribution in [0.5, 0.6) is 0 Å². The summed E-state index contributed by atoms with van der Waals surface area (Å²) in [7, 11) is 0. The average Bonchev–Trinajstić information content (AvgIpc) is 2.47. The largest absolute Gasteiger partial charge is 0.327 e. The Morgan fingerprint density at radius 3 is 2.95 bits per heavy atom. The van der Waals surface area contributed by atoms with Crippen molar-refractivity contribution in [1.29, 1.82) is 0 Å². The van der Waals surface area contributed by atoms with Crippen LogP contribution in [0, 0.1) is 5.92 Å². The number of nitrogens with two attached hydrogens (primary N) is 1. The normalized spacial score (nSPS) is 22.2. The van der Waals surface area contributed by atoms with Crippen molar-refractivity contribution in [1.82, 2.24) is 4.98 Å². The van der Waals surface area contributed by atoms with Gasteiger partial charge in [0.05, 0.1) is 17.1 Å². The number of amides is 1. The van der Waals surface area contributed by atoms with Gasteiger partial charge in [-0.15, -0.1) is 0 Å². The van der Waals surface area contributed by atoms with Gasteiger partial charge in [-0.1, -0.05) is 30.5 Å². The average molecular weight is 304 g/mol. The quantitative estimate of drug-likeness (QED) is 0.894. The van der Waals surface area contributed by atoms with E-state index in [-0.39, 0.29) is 17.9 Å². The molecular formula is C16H18ClN3O. The molecule has 21 heavy (non-hydrogen) atoms. The number of aromatic nitrogens is 1. The Hall–Kier alpha value is -1.65. The Balaban J connectivity index is 1.89. The molecule has 1 aliphatic carbocycles. The number of anilines is 1. The number of halogens is 1. The summed E-state index contributed by atoms with van der Waals surface area (Å²) in [5.41, 5.74) is 7.48. The molecule has 0 radical (unpaired) electrons. The van der Waals surface area contributed by atoms with E-state index in [2.05, 4.69) is 10.3 Å². The number of nitrogens with one attached hydrogen (secondary N) is 1. The predicted molar refractivity (Wildman–Crippen MR) is 85.3 cm³/mol. The second-order valence-corrected chi connectivity index (χ2v) is 6.01. The van der Waals surface area contributed by atoms with Gasteiger partial charge in [0.2, 0.25) is 5.91 Å². The van der Waals surface area contributed by atoms with E-state index in [4.69, 9.17) is 17.3 Å². The van der Waals surface area contributed by atoms with Crippen LogP contribution in [0.25, 0.3) is 10.9 Å². The third kappa shape index (κ3) is 3.01. The van der Waals surface area contributed by atoms with E-state index in [0.29, 0.717) is 10.7 Å². The molecule has 2 atom stereocenters. The molecule has 1 heterocycles. The molecule has 3 N–H and O–H groups in total. The zero-order valence-corrected chi connectivity index (χ0v) is 12.4. The number of hydrogen-bond acceptors (Lipinski definition) is 3. The van der Waals surface area contributed by atoms with E-state index in [1.807, 2.05) is 18.2 Å². The monoisotopic (exact) mass is 303 g/mol. The molecule has 0 aliphatic heterocycles. The molecule has 0 bridgehead atoms. The molecular weight excluding hydrogens is 286 g/mol. The highest BCUT2D eigenvalue weighted by Gasteiger charge is 2.28. The maximum Gasteiger partial charge on any atom is 0.229 e. The van der Waals surface area contributed by atoms with Crippen LogP contribution in [0.2, 0.25) is 5.02 Å². The number of nitrogens with zero attached hydrogens (tertiary/aromatic N) is 1. The SMILES string of the molecule is NC1CCCCC1C(=O)Nc1cc(Cl)cc2cccnc12. The highest BCUT2D eigenvalue weighted by atomic mass is 35.5. The van der Waals surface area contributed by atoms with Gasteiger partial charge in [-0.2, -0.15) is 0 Å². The molecule has 4 nitrogen and oxygen atoms in total. The molecule has 1 saturated carbocycles. The van der Waals surface area contributed by atoms with Crippen LogP contribution in [0.4, 0.5) is 5.69 Å². The van der Waals surface area contributed by atoms with Gasteiger partial charge in [-0.25, -0.2) is 0 Å². The Morgan fingerprint density at radius 2 is 2.14 bits per heavy atom. The maximum atomic E-state index is 12.5. The smallest absolute Gasteiger partial charge is 0.229 e. The Labute approximate surface area is 128 Å². The van der Waals surface area contributed by atoms with Gasteiger partial charge in [0.25, 0.3) is 0 Å². The fourth-order valence-corrected chi connectivity index (χ4v) is 3.19. The van der Waals surface area contributed by atoms with Crippen molar-refractivity contribution in [3.05, 3.63) is 35.5 Å². The lowest BCUT2D eigenvalue weighted by molar-refractivity contribution is -0.121. The maximum absolute atomic E-state index is 12.5. The predicted octanol–water partition coefficient (Wildman–Crippen LogP) is 3.34. The second kappa shape index (κ2) is 6.00. The minimum absolute atomic E-state index is 0.0311. The minimum Gasteiger partial charge on any atom is -0.327 e. The van der Waals surface area contributed by atoms with Crippen LogP contribution >= 0.6 is 11.6 Å². The number of carbonyl (C=O) groups excluding carboxylic acids is 1. The van der Waals surface area contributed by atoms with Gasteiger partial charge in [0.1, 0.15) is 0 Å². The van der Waals surface area contributed by atoms with Crippen LogP contribution in [-0.4, -0.2) is 16.9 Å². The third-order valence-corrected chi connectivity index (χ3v) is 4.30. The summed E-state index contributed by atoms with van der Waals surface area (Å²) >= 11 is 6.12. The summed E-state index contributed by atoms with van der Waals surface area (Å²) in [6.45, 7) is 0. The number of benzene rings is 1. The molecule has 0 saturated heterocycles. The van der Waals surface area contributed by atoms with Crippen LogP contribution in [0.1, 0.15) is 25.7 Å². The van der Waals surface area contributed by atoms with Gasteiger partial charge >= 0.3 is 0 Å². The zero-order valence-electron chi connectivity index (χ0n) is 11.7. The van der Waals surface area contributed by atoms with Gasteiger partial charge in [0, 0.05) is 22.6 Å². The molecule has 1 aliphatic rings. The van der Waals surface area contributed by atoms with E-state index in [1.54, 1.807) is 12.3 Å². The first-order valence-electron chi connectivity index (χ1n) is 7.26. The van der Waals surface area contributed by atoms with Crippen LogP contribution in [0.15, 0.2) is 30.5 Å². The number of carbonyl (C=O) groups is 1. The summed E-state index contributed by atoms with van der Waals surface area (Å²) in [6, 6.07) is 7.30. The molecule has 5 heteroatoms. The molecule has 1 fully saturated rings. The lowest BCUT2D eigenvalue weighted by atomic mass is 9.84. The molecule has 110 valence electrons. The first-order valence-corrected chi connectivity index (χ1v) is 7.63. The molecule has 1 amide bonds. The van der Waals surface area contributed by atoms with Crippen molar-refractivity contribution in [2.24, 2.45) is 11.7 Å². The van der Waals surface area contributed by atoms with Gasteiger partial charge in [0.15, 0.2) is 0 Å². The number of rotatable bonds is 2. The number of fused-ring (bicyclic) bond motifs is 1. The fraction of sp³-hybridized carbons (Fsp3) is 0.375. The lowest BCUT2D eigenvalue weighted by Crippen LogP contribution is -2.40. The molecule has 1 aromatic heterocycles. The minimum atomic E-state index is -0.128.